The quantitative estimate of drug-likeness (QED) is 0.381. The molecule has 0 aromatic heterocycles. The summed E-state index contributed by atoms with van der Waals surface area (Å²) in [4.78, 5) is 0. The summed E-state index contributed by atoms with van der Waals surface area (Å²) >= 11 is 2.22. The van der Waals surface area contributed by atoms with Crippen LogP contribution in [-0.4, -0.2) is 0 Å². The molecule has 0 amide bonds. The van der Waals surface area contributed by atoms with Gasteiger partial charge in [-0.15, -0.1) is 13.2 Å². The van der Waals surface area contributed by atoms with Crippen LogP contribution in [0.2, 0.25) is 0 Å². The van der Waals surface area contributed by atoms with Gasteiger partial charge in [0.05, 0.1) is 0 Å². The van der Waals surface area contributed by atoms with Gasteiger partial charge in [-0.2, -0.15) is 0 Å². The van der Waals surface area contributed by atoms with E-state index in [1.54, 1.807) is 0 Å². The molecule has 0 aromatic rings. The fraction of sp³-hybridized carbons (Fsp3) is 0. The topological polar surface area (TPSA) is 0 Å². The SMILES string of the molecule is C=C.[Cl][Pd]. The molecular weight excluding hydrogens is 166 g/mol. The van der Waals surface area contributed by atoms with Crippen LogP contribution in [-0.2, 0) is 18.2 Å². The molecule has 0 aliphatic heterocycles. The van der Waals surface area contributed by atoms with Crippen LogP contribution in [0.5, 0.6) is 0 Å². The van der Waals surface area contributed by atoms with Crippen molar-refractivity contribution in [2.75, 3.05) is 0 Å². The maximum absolute atomic E-state index is 4.49. The molecule has 0 aromatic carbocycles. The van der Waals surface area contributed by atoms with Crippen molar-refractivity contribution in [3.63, 3.8) is 0 Å². The van der Waals surface area contributed by atoms with E-state index in [0.717, 1.165) is 0 Å². The van der Waals surface area contributed by atoms with Crippen LogP contribution >= 0.6 is 9.53 Å². The van der Waals surface area contributed by atoms with Crippen molar-refractivity contribution in [3.8, 4) is 0 Å². The van der Waals surface area contributed by atoms with E-state index in [9.17, 15) is 0 Å². The molecule has 4 heavy (non-hydrogen) atoms. The van der Waals surface area contributed by atoms with Gasteiger partial charge in [-0.1, -0.05) is 0 Å². The van der Waals surface area contributed by atoms with Crippen molar-refractivity contribution >= 4 is 9.53 Å². The summed E-state index contributed by atoms with van der Waals surface area (Å²) in [6, 6.07) is 0. The molecule has 0 nitrogen and oxygen atoms in total. The average Bonchev–Trinajstić information content (AvgIpc) is 1.50. The van der Waals surface area contributed by atoms with Crippen molar-refractivity contribution in [2.24, 2.45) is 0 Å². The van der Waals surface area contributed by atoms with Crippen molar-refractivity contribution in [1.82, 2.24) is 0 Å². The first-order valence-corrected chi connectivity index (χ1v) is 2.62. The molecule has 0 N–H and O–H groups in total. The monoisotopic (exact) mass is 169 g/mol. The van der Waals surface area contributed by atoms with Crippen LogP contribution in [0.4, 0.5) is 0 Å². The molecular formula is C2H4ClPd. The molecule has 0 heterocycles. The third-order valence-electron chi connectivity index (χ3n) is 0. The van der Waals surface area contributed by atoms with Crippen LogP contribution in [0.15, 0.2) is 13.2 Å². The van der Waals surface area contributed by atoms with Gasteiger partial charge >= 0.3 is 27.7 Å². The minimum absolute atomic E-state index is 2.22. The summed E-state index contributed by atoms with van der Waals surface area (Å²) in [5, 5.41) is 0. The van der Waals surface area contributed by atoms with Crippen LogP contribution in [0.25, 0.3) is 0 Å². The van der Waals surface area contributed by atoms with Gasteiger partial charge in [0.2, 0.25) is 0 Å². The zero-order valence-corrected chi connectivity index (χ0v) is 4.42. The molecule has 0 unspecified atom stereocenters. The van der Waals surface area contributed by atoms with Gasteiger partial charge in [-0.3, -0.25) is 0 Å². The van der Waals surface area contributed by atoms with Gasteiger partial charge in [0, 0.05) is 0 Å². The summed E-state index contributed by atoms with van der Waals surface area (Å²) < 4.78 is 0. The molecule has 29 valence electrons. The first-order chi connectivity index (χ1) is 2.00. The molecule has 0 aliphatic carbocycles. The summed E-state index contributed by atoms with van der Waals surface area (Å²) in [6.45, 7) is 6.00. The van der Waals surface area contributed by atoms with Gasteiger partial charge in [0.1, 0.15) is 0 Å². The summed E-state index contributed by atoms with van der Waals surface area (Å²) in [5.74, 6) is 0. The fourth-order valence-electron chi connectivity index (χ4n) is 0. The van der Waals surface area contributed by atoms with Gasteiger partial charge in [-0.25, -0.2) is 0 Å². The van der Waals surface area contributed by atoms with Gasteiger partial charge in [0.25, 0.3) is 0 Å². The Bertz CT molecular complexity index is 6.00. The van der Waals surface area contributed by atoms with Crippen LogP contribution in [0.1, 0.15) is 0 Å². The van der Waals surface area contributed by atoms with Crippen LogP contribution in [0.3, 0.4) is 0 Å². The Hall–Kier alpha value is 0.692. The standard InChI is InChI=1S/C2H4.ClH.Pd/c1-2;;/h1-2H2;1H;/q;;+1/p-1. The molecule has 0 atom stereocenters. The second kappa shape index (κ2) is 55.8. The van der Waals surface area contributed by atoms with Crippen molar-refractivity contribution in [2.45, 2.75) is 0 Å². The maximum atomic E-state index is 4.49. The van der Waals surface area contributed by atoms with E-state index in [1.165, 1.54) is 0 Å². The molecule has 0 saturated heterocycles. The summed E-state index contributed by atoms with van der Waals surface area (Å²) in [6.07, 6.45) is 0. The Labute approximate surface area is 41.2 Å². The predicted octanol–water partition coefficient (Wildman–Crippen LogP) is 1.49. The molecule has 0 spiro atoms. The Morgan fingerprint density at radius 3 is 1.25 bits per heavy atom. The van der Waals surface area contributed by atoms with E-state index in [0.29, 0.717) is 0 Å². The second-order valence-corrected chi connectivity index (χ2v) is 0. The first kappa shape index (κ1) is 8.83. The van der Waals surface area contributed by atoms with Crippen molar-refractivity contribution in [1.29, 1.82) is 0 Å². The third kappa shape index (κ3) is 16.1. The third-order valence-corrected chi connectivity index (χ3v) is 0. The van der Waals surface area contributed by atoms with E-state index >= 15 is 0 Å². The van der Waals surface area contributed by atoms with Gasteiger partial charge in [-0.05, 0) is 0 Å². The predicted molar refractivity (Wildman–Crippen MR) is 17.1 cm³/mol. The Morgan fingerprint density at radius 1 is 1.25 bits per heavy atom. The number of halogens is 1. The molecule has 0 aliphatic rings. The molecule has 0 bridgehead atoms. The molecule has 0 rings (SSSR count). The molecule has 2 heteroatoms. The van der Waals surface area contributed by atoms with Gasteiger partial charge in [0.15, 0.2) is 0 Å². The minimum atomic E-state index is 2.22. The number of hydrogen-bond acceptors (Lipinski definition) is 0. The van der Waals surface area contributed by atoms with Crippen LogP contribution in [0, 0.1) is 0 Å². The zero-order chi connectivity index (χ0) is 4.00. The zero-order valence-electron chi connectivity index (χ0n) is 2.11. The van der Waals surface area contributed by atoms with E-state index in [-0.39, 0.29) is 0 Å². The van der Waals surface area contributed by atoms with E-state index in [2.05, 4.69) is 40.9 Å². The Balaban J connectivity index is 0. The molecule has 0 saturated carbocycles. The Kier molecular flexibility index (Phi) is 123. The number of rotatable bonds is 0. The second-order valence-electron chi connectivity index (χ2n) is 0. The normalized spacial score (nSPS) is 2.75. The molecule has 0 fully saturated rings. The first-order valence-electron chi connectivity index (χ1n) is 0.620. The number of hydrogen-bond donors (Lipinski definition) is 0. The van der Waals surface area contributed by atoms with Crippen molar-refractivity contribution in [3.05, 3.63) is 13.2 Å². The van der Waals surface area contributed by atoms with E-state index in [4.69, 9.17) is 0 Å². The van der Waals surface area contributed by atoms with E-state index < -0.39 is 0 Å². The average molecular weight is 170 g/mol. The fourth-order valence-corrected chi connectivity index (χ4v) is 0. The van der Waals surface area contributed by atoms with Crippen LogP contribution < -0.4 is 0 Å². The molecule has 0 radical (unpaired) electrons. The summed E-state index contributed by atoms with van der Waals surface area (Å²) in [7, 11) is 4.49. The summed E-state index contributed by atoms with van der Waals surface area (Å²) in [5.41, 5.74) is 0. The van der Waals surface area contributed by atoms with E-state index in [1.807, 2.05) is 0 Å². The van der Waals surface area contributed by atoms with Crippen molar-refractivity contribution < 1.29 is 18.2 Å². The van der Waals surface area contributed by atoms with Gasteiger partial charge < -0.3 is 0 Å². The Morgan fingerprint density at radius 2 is 1.25 bits per heavy atom.